The van der Waals surface area contributed by atoms with Gasteiger partial charge in [-0.2, -0.15) is 0 Å². The molecule has 0 spiro atoms. The standard InChI is InChI=1S/C27H47N3O3/c1-2-19-27(25(32)29-22-14-8-4-9-15-22,26(33)30-23-16-10-5-11-17-23)20-18-24(31)28-21-12-6-3-7-13-21/h21-23H,2-20H2,1H3,(H,28,31)(H,29,32)(H,30,33). The van der Waals surface area contributed by atoms with E-state index in [-0.39, 0.29) is 48.7 Å². The molecule has 6 heteroatoms. The van der Waals surface area contributed by atoms with Gasteiger partial charge in [-0.25, -0.2) is 0 Å². The number of carbonyl (C=O) groups is 3. The van der Waals surface area contributed by atoms with Crippen molar-refractivity contribution in [3.8, 4) is 0 Å². The Labute approximate surface area is 200 Å². The Morgan fingerprint density at radius 1 is 0.606 bits per heavy atom. The van der Waals surface area contributed by atoms with Crippen LogP contribution in [0.1, 0.15) is 129 Å². The van der Waals surface area contributed by atoms with Gasteiger partial charge >= 0.3 is 0 Å². The first-order valence-corrected chi connectivity index (χ1v) is 13.9. The molecule has 3 aliphatic rings. The van der Waals surface area contributed by atoms with Gasteiger partial charge in [0.1, 0.15) is 5.41 Å². The van der Waals surface area contributed by atoms with E-state index in [1.165, 1.54) is 19.3 Å². The Balaban J connectivity index is 1.70. The third-order valence-electron chi connectivity index (χ3n) is 8.18. The molecular weight excluding hydrogens is 414 g/mol. The third kappa shape index (κ3) is 7.71. The lowest BCUT2D eigenvalue weighted by molar-refractivity contribution is -0.146. The molecule has 0 heterocycles. The van der Waals surface area contributed by atoms with Gasteiger partial charge < -0.3 is 16.0 Å². The predicted molar refractivity (Wildman–Crippen MR) is 132 cm³/mol. The van der Waals surface area contributed by atoms with Crippen molar-refractivity contribution in [3.05, 3.63) is 0 Å². The summed E-state index contributed by atoms with van der Waals surface area (Å²) in [7, 11) is 0. The fourth-order valence-electron chi connectivity index (χ4n) is 6.12. The number of nitrogens with one attached hydrogen (secondary N) is 3. The Bertz CT molecular complexity index is 601. The summed E-state index contributed by atoms with van der Waals surface area (Å²) in [5.74, 6) is -0.330. The lowest BCUT2D eigenvalue weighted by atomic mass is 9.76. The van der Waals surface area contributed by atoms with Crippen molar-refractivity contribution < 1.29 is 14.4 Å². The molecule has 3 aliphatic carbocycles. The second-order valence-electron chi connectivity index (χ2n) is 10.9. The summed E-state index contributed by atoms with van der Waals surface area (Å²) in [5.41, 5.74) is -1.16. The van der Waals surface area contributed by atoms with E-state index in [2.05, 4.69) is 16.0 Å². The van der Waals surface area contributed by atoms with E-state index in [9.17, 15) is 14.4 Å². The summed E-state index contributed by atoms with van der Waals surface area (Å²) in [4.78, 5) is 40.2. The van der Waals surface area contributed by atoms with E-state index in [4.69, 9.17) is 0 Å². The zero-order valence-electron chi connectivity index (χ0n) is 20.9. The van der Waals surface area contributed by atoms with Gasteiger partial charge in [-0.3, -0.25) is 14.4 Å². The zero-order valence-corrected chi connectivity index (χ0v) is 20.9. The van der Waals surface area contributed by atoms with Crippen molar-refractivity contribution in [3.63, 3.8) is 0 Å². The van der Waals surface area contributed by atoms with Crippen LogP contribution in [0.3, 0.4) is 0 Å². The monoisotopic (exact) mass is 461 g/mol. The van der Waals surface area contributed by atoms with E-state index in [0.717, 1.165) is 83.5 Å². The summed E-state index contributed by atoms with van der Waals surface area (Å²) < 4.78 is 0. The van der Waals surface area contributed by atoms with Crippen LogP contribution in [0.25, 0.3) is 0 Å². The van der Waals surface area contributed by atoms with Crippen LogP contribution in [0, 0.1) is 5.41 Å². The maximum absolute atomic E-state index is 13.7. The number of rotatable bonds is 10. The molecule has 3 amide bonds. The normalized spacial score (nSPS) is 21.4. The molecule has 3 saturated carbocycles. The molecule has 0 bridgehead atoms. The highest BCUT2D eigenvalue weighted by Gasteiger charge is 2.46. The Morgan fingerprint density at radius 2 is 1.00 bits per heavy atom. The van der Waals surface area contributed by atoms with E-state index < -0.39 is 5.41 Å². The molecule has 0 atom stereocenters. The average Bonchev–Trinajstić information content (AvgIpc) is 2.83. The molecule has 188 valence electrons. The van der Waals surface area contributed by atoms with Crippen LogP contribution in [0.2, 0.25) is 0 Å². The first-order valence-electron chi connectivity index (χ1n) is 13.9. The van der Waals surface area contributed by atoms with E-state index in [1.54, 1.807) is 0 Å². The minimum atomic E-state index is -1.16. The van der Waals surface area contributed by atoms with Crippen LogP contribution in [0.5, 0.6) is 0 Å². The molecule has 0 unspecified atom stereocenters. The summed E-state index contributed by atoms with van der Waals surface area (Å²) in [5, 5.41) is 9.64. The second kappa shape index (κ2) is 13.3. The van der Waals surface area contributed by atoms with Gasteiger partial charge in [0.15, 0.2) is 0 Å². The average molecular weight is 462 g/mol. The molecule has 0 aliphatic heterocycles. The van der Waals surface area contributed by atoms with Crippen LogP contribution in [0.4, 0.5) is 0 Å². The SMILES string of the molecule is CCCC(CCC(=O)NC1CCCCC1)(C(=O)NC1CCCCC1)C(=O)NC1CCCCC1. The van der Waals surface area contributed by atoms with E-state index in [1.807, 2.05) is 6.92 Å². The van der Waals surface area contributed by atoms with Crippen LogP contribution < -0.4 is 16.0 Å². The fraction of sp³-hybridized carbons (Fsp3) is 0.889. The molecule has 0 aromatic carbocycles. The Hall–Kier alpha value is -1.59. The maximum atomic E-state index is 13.7. The third-order valence-corrected chi connectivity index (χ3v) is 8.18. The summed E-state index contributed by atoms with van der Waals surface area (Å²) in [6.07, 6.45) is 18.3. The highest BCUT2D eigenvalue weighted by Crippen LogP contribution is 2.33. The quantitative estimate of drug-likeness (QED) is 0.404. The summed E-state index contributed by atoms with van der Waals surface area (Å²) >= 11 is 0. The van der Waals surface area contributed by atoms with Crippen molar-refractivity contribution in [1.29, 1.82) is 0 Å². The maximum Gasteiger partial charge on any atom is 0.235 e. The van der Waals surface area contributed by atoms with Gasteiger partial charge in [-0.05, 0) is 51.4 Å². The molecule has 0 aromatic heterocycles. The Morgan fingerprint density at radius 3 is 1.39 bits per heavy atom. The van der Waals surface area contributed by atoms with Gasteiger partial charge in [0.25, 0.3) is 0 Å². The van der Waals surface area contributed by atoms with Gasteiger partial charge in [-0.1, -0.05) is 71.1 Å². The molecule has 0 radical (unpaired) electrons. The van der Waals surface area contributed by atoms with Gasteiger partial charge in [0.05, 0.1) is 0 Å². The molecule has 6 nitrogen and oxygen atoms in total. The Kier molecular flexibility index (Phi) is 10.5. The smallest absolute Gasteiger partial charge is 0.235 e. The van der Waals surface area contributed by atoms with Gasteiger partial charge in [0, 0.05) is 24.5 Å². The van der Waals surface area contributed by atoms with Gasteiger partial charge in [-0.15, -0.1) is 0 Å². The number of carbonyl (C=O) groups excluding carboxylic acids is 3. The van der Waals surface area contributed by atoms with Crippen LogP contribution in [-0.2, 0) is 14.4 Å². The molecule has 3 fully saturated rings. The zero-order chi connectivity index (χ0) is 23.5. The number of hydrogen-bond acceptors (Lipinski definition) is 3. The van der Waals surface area contributed by atoms with Gasteiger partial charge in [0.2, 0.25) is 17.7 Å². The summed E-state index contributed by atoms with van der Waals surface area (Å²) in [6.45, 7) is 2.03. The number of hydrogen-bond donors (Lipinski definition) is 3. The van der Waals surface area contributed by atoms with Crippen molar-refractivity contribution >= 4 is 17.7 Å². The van der Waals surface area contributed by atoms with E-state index >= 15 is 0 Å². The van der Waals surface area contributed by atoms with Crippen molar-refractivity contribution in [1.82, 2.24) is 16.0 Å². The topological polar surface area (TPSA) is 87.3 Å². The first kappa shape index (κ1) is 26.0. The van der Waals surface area contributed by atoms with Crippen LogP contribution in [0.15, 0.2) is 0 Å². The van der Waals surface area contributed by atoms with Crippen molar-refractivity contribution in [2.24, 2.45) is 5.41 Å². The van der Waals surface area contributed by atoms with Crippen molar-refractivity contribution in [2.45, 2.75) is 147 Å². The lowest BCUT2D eigenvalue weighted by Gasteiger charge is -2.36. The largest absolute Gasteiger partial charge is 0.353 e. The molecule has 0 saturated heterocycles. The highest BCUT2D eigenvalue weighted by atomic mass is 16.2. The lowest BCUT2D eigenvalue weighted by Crippen LogP contribution is -2.56. The fourth-order valence-corrected chi connectivity index (χ4v) is 6.12. The van der Waals surface area contributed by atoms with Crippen LogP contribution in [-0.4, -0.2) is 35.8 Å². The predicted octanol–water partition coefficient (Wildman–Crippen LogP) is 4.90. The minimum absolute atomic E-state index is 0.0155. The molecule has 3 N–H and O–H groups in total. The van der Waals surface area contributed by atoms with Crippen molar-refractivity contribution in [2.75, 3.05) is 0 Å². The molecular formula is C27H47N3O3. The highest BCUT2D eigenvalue weighted by molar-refractivity contribution is 6.05. The minimum Gasteiger partial charge on any atom is -0.353 e. The molecule has 0 aromatic rings. The second-order valence-corrected chi connectivity index (χ2v) is 10.9. The number of amides is 3. The molecule has 3 rings (SSSR count). The van der Waals surface area contributed by atoms with Crippen LogP contribution >= 0.6 is 0 Å². The van der Waals surface area contributed by atoms with E-state index in [0.29, 0.717) is 6.42 Å². The molecule has 33 heavy (non-hydrogen) atoms. The summed E-state index contributed by atoms with van der Waals surface area (Å²) in [6, 6.07) is 0.556. The first-order chi connectivity index (χ1) is 16.0.